The first-order chi connectivity index (χ1) is 20.1. The fraction of sp³-hybridized carbons (Fsp3) is 0.643. The summed E-state index contributed by atoms with van der Waals surface area (Å²) in [5, 5.41) is 29.0. The van der Waals surface area contributed by atoms with E-state index in [1.165, 1.54) is 7.11 Å². The zero-order chi connectivity index (χ0) is 30.9. The Morgan fingerprint density at radius 1 is 0.762 bits per heavy atom. The first-order valence-electron chi connectivity index (χ1n) is 14.0. The van der Waals surface area contributed by atoms with Gasteiger partial charge in [-0.05, 0) is 31.0 Å². The molecule has 14 heteroatoms. The van der Waals surface area contributed by atoms with Gasteiger partial charge in [-0.25, -0.2) is 0 Å². The number of carbonyl (C=O) groups is 4. The highest BCUT2D eigenvalue weighted by atomic mass is 16.5. The van der Waals surface area contributed by atoms with Gasteiger partial charge in [-0.3, -0.25) is 38.8 Å². The minimum absolute atomic E-state index is 0.0289. The van der Waals surface area contributed by atoms with Crippen molar-refractivity contribution in [3.05, 3.63) is 29.8 Å². The van der Waals surface area contributed by atoms with Gasteiger partial charge in [0.05, 0.1) is 33.4 Å². The lowest BCUT2D eigenvalue weighted by Crippen LogP contribution is -2.52. The smallest absolute Gasteiger partial charge is 0.321 e. The summed E-state index contributed by atoms with van der Waals surface area (Å²) in [4.78, 5) is 54.6. The topological polar surface area (TPSA) is 170 Å². The van der Waals surface area contributed by atoms with E-state index >= 15 is 0 Å². The van der Waals surface area contributed by atoms with E-state index in [-0.39, 0.29) is 52.2 Å². The van der Waals surface area contributed by atoms with Crippen LogP contribution in [0, 0.1) is 0 Å². The van der Waals surface area contributed by atoms with Gasteiger partial charge < -0.3 is 29.5 Å². The van der Waals surface area contributed by atoms with Crippen LogP contribution in [0.5, 0.6) is 5.75 Å². The number of aliphatic carboxylic acids is 3. The Hall–Kier alpha value is -3.30. The van der Waals surface area contributed by atoms with E-state index in [9.17, 15) is 34.5 Å². The molecule has 1 atom stereocenters. The number of methoxy groups -OCH3 is 1. The molecular weight excluding hydrogens is 552 g/mol. The monoisotopic (exact) mass is 596 g/mol. The van der Waals surface area contributed by atoms with Crippen molar-refractivity contribution in [1.82, 2.24) is 19.6 Å². The summed E-state index contributed by atoms with van der Waals surface area (Å²) in [6.07, 6.45) is 0.205. The van der Waals surface area contributed by atoms with E-state index in [4.69, 9.17) is 14.2 Å². The van der Waals surface area contributed by atoms with E-state index in [0.29, 0.717) is 51.7 Å². The Morgan fingerprint density at radius 2 is 1.26 bits per heavy atom. The van der Waals surface area contributed by atoms with Crippen molar-refractivity contribution >= 4 is 23.9 Å². The van der Waals surface area contributed by atoms with Crippen LogP contribution >= 0.6 is 0 Å². The second kappa shape index (κ2) is 19.0. The molecule has 0 bridgehead atoms. The maximum atomic E-state index is 12.5. The molecule has 0 radical (unpaired) electrons. The molecule has 14 nitrogen and oxygen atoms in total. The lowest BCUT2D eigenvalue weighted by atomic mass is 10.0. The summed E-state index contributed by atoms with van der Waals surface area (Å²) in [6, 6.07) is 6.30. The van der Waals surface area contributed by atoms with Crippen molar-refractivity contribution in [2.75, 3.05) is 98.9 Å². The Morgan fingerprint density at radius 3 is 1.71 bits per heavy atom. The molecule has 0 spiro atoms. The summed E-state index contributed by atoms with van der Waals surface area (Å²) in [5.74, 6) is -2.86. The fourth-order valence-electron chi connectivity index (χ4n) is 4.65. The summed E-state index contributed by atoms with van der Waals surface area (Å²) in [6.45, 7) is 5.26. The molecule has 236 valence electrons. The lowest BCUT2D eigenvalue weighted by Gasteiger charge is -2.35. The molecule has 0 saturated carbocycles. The van der Waals surface area contributed by atoms with Crippen molar-refractivity contribution in [3.8, 4) is 5.75 Å². The second-order valence-corrected chi connectivity index (χ2v) is 9.98. The molecule has 0 amide bonds. The molecule has 1 unspecified atom stereocenters. The molecule has 2 rings (SSSR count). The van der Waals surface area contributed by atoms with E-state index in [1.54, 1.807) is 26.8 Å². The highest BCUT2D eigenvalue weighted by molar-refractivity contribution is 5.74. The Labute approximate surface area is 246 Å². The number of esters is 1. The van der Waals surface area contributed by atoms with Gasteiger partial charge in [-0.2, -0.15) is 0 Å². The van der Waals surface area contributed by atoms with Crippen molar-refractivity contribution in [1.29, 1.82) is 0 Å². The SMILES string of the molecule is CCOCCOc1ccc(CC(C(=O)O)N2CCN(CC(=O)O)CCN(CC(=O)O)CCN(CC(=O)OC)CC2)cc1. The third-order valence-electron chi connectivity index (χ3n) is 6.95. The number of carbonyl (C=O) groups excluding carboxylic acids is 1. The molecule has 0 aromatic heterocycles. The van der Waals surface area contributed by atoms with Crippen LogP contribution in [0.2, 0.25) is 0 Å². The summed E-state index contributed by atoms with van der Waals surface area (Å²) < 4.78 is 15.8. The van der Waals surface area contributed by atoms with Crippen molar-refractivity contribution in [2.24, 2.45) is 0 Å². The highest BCUT2D eigenvalue weighted by Crippen LogP contribution is 2.16. The number of hydrogen-bond donors (Lipinski definition) is 3. The van der Waals surface area contributed by atoms with Crippen molar-refractivity contribution in [3.63, 3.8) is 0 Å². The Kier molecular flexibility index (Phi) is 15.8. The van der Waals surface area contributed by atoms with E-state index in [0.717, 1.165) is 5.56 Å². The zero-order valence-corrected chi connectivity index (χ0v) is 24.5. The molecule has 1 fully saturated rings. The predicted molar refractivity (Wildman–Crippen MR) is 152 cm³/mol. The number of nitrogens with zero attached hydrogens (tertiary/aromatic N) is 4. The largest absolute Gasteiger partial charge is 0.491 e. The lowest BCUT2D eigenvalue weighted by molar-refractivity contribution is -0.145. The van der Waals surface area contributed by atoms with Gasteiger partial charge in [0, 0.05) is 59.0 Å². The summed E-state index contributed by atoms with van der Waals surface area (Å²) in [7, 11) is 1.29. The number of carboxylic acid groups (broad SMARTS) is 3. The molecule has 1 aliphatic heterocycles. The number of carboxylic acids is 3. The van der Waals surface area contributed by atoms with Gasteiger partial charge in [0.2, 0.25) is 0 Å². The molecule has 1 aliphatic rings. The highest BCUT2D eigenvalue weighted by Gasteiger charge is 2.28. The fourth-order valence-corrected chi connectivity index (χ4v) is 4.65. The van der Waals surface area contributed by atoms with Gasteiger partial charge in [0.25, 0.3) is 0 Å². The van der Waals surface area contributed by atoms with Crippen LogP contribution in [-0.4, -0.2) is 164 Å². The molecule has 1 heterocycles. The molecule has 1 aromatic carbocycles. The summed E-state index contributed by atoms with van der Waals surface area (Å²) in [5.41, 5.74) is 0.795. The van der Waals surface area contributed by atoms with E-state index < -0.39 is 29.9 Å². The van der Waals surface area contributed by atoms with Gasteiger partial charge >= 0.3 is 23.9 Å². The standard InChI is InChI=1S/C28H44N4O10/c1-3-41-16-17-42-23-6-4-22(5-7-23)18-24(28(38)39)32-14-12-30(20-26(35)36)9-8-29(19-25(33)34)10-11-31(13-15-32)21-27(37)40-2/h4-7,24H,3,8-21H2,1-2H3,(H,33,34)(H,35,36)(H,38,39). The summed E-state index contributed by atoms with van der Waals surface area (Å²) >= 11 is 0. The average Bonchev–Trinajstić information content (AvgIpc) is 2.94. The first kappa shape index (κ1) is 34.9. The van der Waals surface area contributed by atoms with E-state index in [1.807, 2.05) is 24.0 Å². The van der Waals surface area contributed by atoms with Gasteiger partial charge in [0.15, 0.2) is 0 Å². The van der Waals surface area contributed by atoms with Crippen LogP contribution in [0.25, 0.3) is 0 Å². The Balaban J connectivity index is 2.23. The van der Waals surface area contributed by atoms with Crippen LogP contribution in [0.1, 0.15) is 12.5 Å². The van der Waals surface area contributed by atoms with Gasteiger partial charge in [0.1, 0.15) is 18.4 Å². The third-order valence-corrected chi connectivity index (χ3v) is 6.95. The average molecular weight is 597 g/mol. The van der Waals surface area contributed by atoms with E-state index in [2.05, 4.69) is 0 Å². The van der Waals surface area contributed by atoms with Gasteiger partial charge in [-0.1, -0.05) is 12.1 Å². The number of ether oxygens (including phenoxy) is 3. The van der Waals surface area contributed by atoms with Crippen molar-refractivity contribution in [2.45, 2.75) is 19.4 Å². The number of rotatable bonds is 15. The van der Waals surface area contributed by atoms with Crippen LogP contribution in [0.3, 0.4) is 0 Å². The van der Waals surface area contributed by atoms with Crippen LogP contribution in [0.15, 0.2) is 24.3 Å². The molecule has 1 saturated heterocycles. The molecule has 3 N–H and O–H groups in total. The minimum Gasteiger partial charge on any atom is -0.491 e. The van der Waals surface area contributed by atoms with Crippen molar-refractivity contribution < 1.29 is 48.7 Å². The maximum Gasteiger partial charge on any atom is 0.321 e. The zero-order valence-electron chi connectivity index (χ0n) is 24.5. The first-order valence-corrected chi connectivity index (χ1v) is 14.0. The molecule has 42 heavy (non-hydrogen) atoms. The van der Waals surface area contributed by atoms with Gasteiger partial charge in [-0.15, -0.1) is 0 Å². The number of benzene rings is 1. The normalized spacial score (nSPS) is 17.5. The predicted octanol–water partition coefficient (Wildman–Crippen LogP) is -0.339. The molecule has 1 aromatic rings. The number of hydrogen-bond acceptors (Lipinski definition) is 11. The van der Waals surface area contributed by atoms with Crippen LogP contribution < -0.4 is 4.74 Å². The maximum absolute atomic E-state index is 12.5. The van der Waals surface area contributed by atoms with Crippen LogP contribution in [-0.2, 0) is 35.1 Å². The van der Waals surface area contributed by atoms with Crippen LogP contribution in [0.4, 0.5) is 0 Å². The second-order valence-electron chi connectivity index (χ2n) is 9.98. The quantitative estimate of drug-likeness (QED) is 0.178. The third kappa shape index (κ3) is 13.6. The molecule has 0 aliphatic carbocycles. The molecular formula is C28H44N4O10. The minimum atomic E-state index is -1.03. The Bertz CT molecular complexity index is 993.